The summed E-state index contributed by atoms with van der Waals surface area (Å²) in [6.45, 7) is 8.53. The summed E-state index contributed by atoms with van der Waals surface area (Å²) >= 11 is 0. The smallest absolute Gasteiger partial charge is 0.0674 e. The van der Waals surface area contributed by atoms with Gasteiger partial charge in [-0.3, -0.25) is 4.90 Å². The maximum atomic E-state index is 6.20. The fourth-order valence-corrected chi connectivity index (χ4v) is 3.64. The molecule has 0 aromatic rings. The second-order valence-corrected chi connectivity index (χ2v) is 6.45. The van der Waals surface area contributed by atoms with Gasteiger partial charge in [-0.15, -0.1) is 0 Å². The van der Waals surface area contributed by atoms with Crippen molar-refractivity contribution in [1.29, 1.82) is 0 Å². The Bertz CT molecular complexity index is 259. The van der Waals surface area contributed by atoms with Gasteiger partial charge in [-0.1, -0.05) is 19.8 Å². The summed E-state index contributed by atoms with van der Waals surface area (Å²) in [5.74, 6) is 0.874. The SMILES string of the molecule is CC1CCCC(CN)(N2CCCOC(C)C2)CC1. The highest BCUT2D eigenvalue weighted by Gasteiger charge is 2.37. The number of nitrogens with zero attached hydrogens (tertiary/aromatic N) is 1. The van der Waals surface area contributed by atoms with Crippen LogP contribution >= 0.6 is 0 Å². The van der Waals surface area contributed by atoms with E-state index in [1.54, 1.807) is 0 Å². The van der Waals surface area contributed by atoms with Crippen LogP contribution in [0.2, 0.25) is 0 Å². The quantitative estimate of drug-likeness (QED) is 0.769. The number of hydrogen-bond acceptors (Lipinski definition) is 3. The summed E-state index contributed by atoms with van der Waals surface area (Å²) in [4.78, 5) is 2.66. The maximum absolute atomic E-state index is 6.20. The highest BCUT2D eigenvalue weighted by molar-refractivity contribution is 4.95. The molecule has 3 unspecified atom stereocenters. The molecule has 2 fully saturated rings. The standard InChI is InChI=1S/C15H30N2O/c1-13-5-3-7-15(12-16,8-6-13)17-9-4-10-18-14(2)11-17/h13-14H,3-12,16H2,1-2H3. The summed E-state index contributed by atoms with van der Waals surface area (Å²) in [6.07, 6.45) is 8.12. The van der Waals surface area contributed by atoms with E-state index in [2.05, 4.69) is 18.7 Å². The predicted molar refractivity (Wildman–Crippen MR) is 75.6 cm³/mol. The van der Waals surface area contributed by atoms with Crippen molar-refractivity contribution in [2.45, 2.75) is 64.0 Å². The number of hydrogen-bond donors (Lipinski definition) is 1. The molecule has 2 N–H and O–H groups in total. The van der Waals surface area contributed by atoms with Gasteiger partial charge in [0, 0.05) is 31.8 Å². The van der Waals surface area contributed by atoms with Gasteiger partial charge in [0.2, 0.25) is 0 Å². The molecule has 0 amide bonds. The van der Waals surface area contributed by atoms with Gasteiger partial charge in [0.05, 0.1) is 6.10 Å². The third-order valence-corrected chi connectivity index (χ3v) is 4.94. The van der Waals surface area contributed by atoms with Gasteiger partial charge < -0.3 is 10.5 Å². The van der Waals surface area contributed by atoms with Gasteiger partial charge in [-0.05, 0) is 38.5 Å². The normalized spacial score (nSPS) is 40.2. The third-order valence-electron chi connectivity index (χ3n) is 4.94. The van der Waals surface area contributed by atoms with E-state index >= 15 is 0 Å². The second kappa shape index (κ2) is 6.36. The molecule has 1 saturated carbocycles. The molecule has 1 heterocycles. The molecule has 0 spiro atoms. The van der Waals surface area contributed by atoms with E-state index in [0.29, 0.717) is 6.10 Å². The van der Waals surface area contributed by atoms with Crippen molar-refractivity contribution in [1.82, 2.24) is 4.90 Å². The molecule has 3 heteroatoms. The van der Waals surface area contributed by atoms with Crippen LogP contribution in [0, 0.1) is 5.92 Å². The molecule has 0 radical (unpaired) electrons. The molecule has 0 aromatic carbocycles. The molecule has 1 aliphatic carbocycles. The van der Waals surface area contributed by atoms with E-state index < -0.39 is 0 Å². The van der Waals surface area contributed by atoms with Crippen LogP contribution in [0.15, 0.2) is 0 Å². The Morgan fingerprint density at radius 3 is 2.83 bits per heavy atom. The minimum absolute atomic E-state index is 0.257. The monoisotopic (exact) mass is 254 g/mol. The largest absolute Gasteiger partial charge is 0.377 e. The van der Waals surface area contributed by atoms with Crippen molar-refractivity contribution >= 4 is 0 Å². The zero-order chi connectivity index (χ0) is 13.0. The van der Waals surface area contributed by atoms with Gasteiger partial charge in [-0.2, -0.15) is 0 Å². The molecule has 2 aliphatic rings. The van der Waals surface area contributed by atoms with Crippen LogP contribution in [-0.4, -0.2) is 42.8 Å². The molecular weight excluding hydrogens is 224 g/mol. The van der Waals surface area contributed by atoms with Crippen molar-refractivity contribution in [3.8, 4) is 0 Å². The van der Waals surface area contributed by atoms with Crippen LogP contribution in [0.1, 0.15) is 52.4 Å². The summed E-state index contributed by atoms with van der Waals surface area (Å²) in [7, 11) is 0. The Hall–Kier alpha value is -0.120. The van der Waals surface area contributed by atoms with Gasteiger partial charge >= 0.3 is 0 Å². The number of ether oxygens (including phenoxy) is 1. The molecule has 3 nitrogen and oxygen atoms in total. The lowest BCUT2D eigenvalue weighted by Gasteiger charge is -2.43. The van der Waals surface area contributed by atoms with E-state index in [-0.39, 0.29) is 5.54 Å². The Morgan fingerprint density at radius 2 is 2.06 bits per heavy atom. The lowest BCUT2D eigenvalue weighted by Crippen LogP contribution is -2.55. The number of nitrogens with two attached hydrogens (primary N) is 1. The Morgan fingerprint density at radius 1 is 1.22 bits per heavy atom. The number of rotatable bonds is 2. The molecule has 0 bridgehead atoms. The van der Waals surface area contributed by atoms with Gasteiger partial charge in [0.25, 0.3) is 0 Å². The third kappa shape index (κ3) is 3.25. The minimum Gasteiger partial charge on any atom is -0.377 e. The van der Waals surface area contributed by atoms with Crippen LogP contribution in [-0.2, 0) is 4.74 Å². The van der Waals surface area contributed by atoms with E-state index in [1.165, 1.54) is 32.1 Å². The molecule has 1 saturated heterocycles. The van der Waals surface area contributed by atoms with Crippen molar-refractivity contribution in [3.63, 3.8) is 0 Å². The average molecular weight is 254 g/mol. The lowest BCUT2D eigenvalue weighted by atomic mass is 9.87. The zero-order valence-electron chi connectivity index (χ0n) is 12.2. The van der Waals surface area contributed by atoms with Gasteiger partial charge in [0.1, 0.15) is 0 Å². The molecule has 18 heavy (non-hydrogen) atoms. The molecule has 2 rings (SSSR count). The lowest BCUT2D eigenvalue weighted by molar-refractivity contribution is 0.0308. The minimum atomic E-state index is 0.257. The average Bonchev–Trinajstić information content (AvgIpc) is 2.68. The van der Waals surface area contributed by atoms with E-state index in [9.17, 15) is 0 Å². The summed E-state index contributed by atoms with van der Waals surface area (Å²) in [6, 6.07) is 0. The first-order chi connectivity index (χ1) is 8.66. The topological polar surface area (TPSA) is 38.5 Å². The maximum Gasteiger partial charge on any atom is 0.0674 e. The van der Waals surface area contributed by atoms with Crippen molar-refractivity contribution < 1.29 is 4.74 Å². The van der Waals surface area contributed by atoms with E-state index in [1.807, 2.05) is 0 Å². The Labute approximate surface area is 112 Å². The highest BCUT2D eigenvalue weighted by atomic mass is 16.5. The molecule has 0 aromatic heterocycles. The van der Waals surface area contributed by atoms with Crippen molar-refractivity contribution in [2.75, 3.05) is 26.2 Å². The molecule has 1 aliphatic heterocycles. The van der Waals surface area contributed by atoms with Crippen LogP contribution in [0.3, 0.4) is 0 Å². The van der Waals surface area contributed by atoms with Crippen molar-refractivity contribution in [2.24, 2.45) is 11.7 Å². The second-order valence-electron chi connectivity index (χ2n) is 6.45. The van der Waals surface area contributed by atoms with Crippen LogP contribution in [0.5, 0.6) is 0 Å². The fraction of sp³-hybridized carbons (Fsp3) is 1.00. The Balaban J connectivity index is 2.09. The summed E-state index contributed by atoms with van der Waals surface area (Å²) < 4.78 is 5.78. The van der Waals surface area contributed by atoms with Crippen LogP contribution < -0.4 is 5.73 Å². The Kier molecular flexibility index (Phi) is 5.05. The highest BCUT2D eigenvalue weighted by Crippen LogP contribution is 2.35. The van der Waals surface area contributed by atoms with E-state index in [0.717, 1.165) is 38.6 Å². The zero-order valence-corrected chi connectivity index (χ0v) is 12.2. The first-order valence-corrected chi connectivity index (χ1v) is 7.73. The van der Waals surface area contributed by atoms with Gasteiger partial charge in [0.15, 0.2) is 0 Å². The molecule has 3 atom stereocenters. The van der Waals surface area contributed by atoms with E-state index in [4.69, 9.17) is 10.5 Å². The fourth-order valence-electron chi connectivity index (χ4n) is 3.64. The van der Waals surface area contributed by atoms with Crippen LogP contribution in [0.25, 0.3) is 0 Å². The van der Waals surface area contributed by atoms with Gasteiger partial charge in [-0.25, -0.2) is 0 Å². The van der Waals surface area contributed by atoms with Crippen molar-refractivity contribution in [3.05, 3.63) is 0 Å². The first-order valence-electron chi connectivity index (χ1n) is 7.73. The molecule has 106 valence electrons. The summed E-state index contributed by atoms with van der Waals surface area (Å²) in [5.41, 5.74) is 6.45. The predicted octanol–water partition coefficient (Wildman–Crippen LogP) is 2.39. The molecular formula is C15H30N2O. The van der Waals surface area contributed by atoms with Crippen LogP contribution in [0.4, 0.5) is 0 Å². The first kappa shape index (κ1) is 14.3. The summed E-state index contributed by atoms with van der Waals surface area (Å²) in [5, 5.41) is 0.